The third-order valence-corrected chi connectivity index (χ3v) is 2.92. The lowest BCUT2D eigenvalue weighted by Gasteiger charge is -2.19. The average Bonchev–Trinajstić information content (AvgIpc) is 2.31. The Balaban J connectivity index is 2.62. The lowest BCUT2D eigenvalue weighted by Crippen LogP contribution is -2.42. The quantitative estimate of drug-likeness (QED) is 0.592. The molecular formula is C13H21NO3. The highest BCUT2D eigenvalue weighted by Gasteiger charge is 2.23. The first kappa shape index (κ1) is 13.7. The number of amides is 1. The predicted molar refractivity (Wildman–Crippen MR) is 65.4 cm³/mol. The minimum Gasteiger partial charge on any atom is -0.464 e. The summed E-state index contributed by atoms with van der Waals surface area (Å²) < 4.78 is 4.95. The van der Waals surface area contributed by atoms with Crippen molar-refractivity contribution >= 4 is 11.9 Å². The van der Waals surface area contributed by atoms with E-state index in [0.717, 1.165) is 25.7 Å². The van der Waals surface area contributed by atoms with E-state index in [2.05, 4.69) is 11.9 Å². The van der Waals surface area contributed by atoms with Crippen molar-refractivity contribution < 1.29 is 14.3 Å². The van der Waals surface area contributed by atoms with Crippen LogP contribution in [0.15, 0.2) is 12.2 Å². The number of ether oxygens (including phenoxy) is 1. The Labute approximate surface area is 102 Å². The maximum absolute atomic E-state index is 11.7. The predicted octanol–water partition coefficient (Wildman–Crippen LogP) is 1.94. The Morgan fingerprint density at radius 1 is 1.41 bits per heavy atom. The zero-order chi connectivity index (χ0) is 12.7. The van der Waals surface area contributed by atoms with Crippen LogP contribution in [0.1, 0.15) is 45.4 Å². The van der Waals surface area contributed by atoms with Gasteiger partial charge in [-0.25, -0.2) is 4.79 Å². The van der Waals surface area contributed by atoms with Gasteiger partial charge < -0.3 is 10.1 Å². The molecule has 4 nitrogen and oxygen atoms in total. The Morgan fingerprint density at radius 3 is 2.82 bits per heavy atom. The normalized spacial score (nSPS) is 22.8. The molecule has 0 aromatic heterocycles. The zero-order valence-electron chi connectivity index (χ0n) is 10.5. The first-order valence-electron chi connectivity index (χ1n) is 6.30. The van der Waals surface area contributed by atoms with Crippen molar-refractivity contribution in [2.24, 2.45) is 0 Å². The van der Waals surface area contributed by atoms with Gasteiger partial charge in [0.25, 0.3) is 0 Å². The second kappa shape index (κ2) is 7.09. The molecule has 1 N–H and O–H groups in total. The van der Waals surface area contributed by atoms with Crippen molar-refractivity contribution in [2.75, 3.05) is 6.61 Å². The topological polar surface area (TPSA) is 55.4 Å². The summed E-state index contributed by atoms with van der Waals surface area (Å²) in [6.07, 6.45) is 5.46. The lowest BCUT2D eigenvalue weighted by atomic mass is 10.0. The van der Waals surface area contributed by atoms with Crippen molar-refractivity contribution in [3.05, 3.63) is 12.2 Å². The van der Waals surface area contributed by atoms with Crippen molar-refractivity contribution in [3.63, 3.8) is 0 Å². The van der Waals surface area contributed by atoms with Gasteiger partial charge in [-0.05, 0) is 26.2 Å². The Kier molecular flexibility index (Phi) is 5.73. The standard InChI is InChI=1S/C13H21NO3/c1-3-17-13(16)11-9-7-5-4-6-8-10(2)12(15)14-11/h11H,2-9H2,1H3,(H,14,15). The fourth-order valence-corrected chi connectivity index (χ4v) is 1.91. The van der Waals surface area contributed by atoms with Gasteiger partial charge >= 0.3 is 5.97 Å². The van der Waals surface area contributed by atoms with E-state index in [4.69, 9.17) is 4.74 Å². The van der Waals surface area contributed by atoms with E-state index < -0.39 is 6.04 Å². The average molecular weight is 239 g/mol. The van der Waals surface area contributed by atoms with Gasteiger partial charge in [0.1, 0.15) is 6.04 Å². The molecule has 0 spiro atoms. The van der Waals surface area contributed by atoms with Crippen LogP contribution in [0.3, 0.4) is 0 Å². The highest BCUT2D eigenvalue weighted by molar-refractivity contribution is 5.95. The van der Waals surface area contributed by atoms with Gasteiger partial charge in [0, 0.05) is 5.57 Å². The maximum Gasteiger partial charge on any atom is 0.328 e. The zero-order valence-corrected chi connectivity index (χ0v) is 10.5. The lowest BCUT2D eigenvalue weighted by molar-refractivity contribution is -0.147. The van der Waals surface area contributed by atoms with Gasteiger partial charge in [-0.15, -0.1) is 0 Å². The van der Waals surface area contributed by atoms with Crippen LogP contribution in [0.4, 0.5) is 0 Å². The van der Waals surface area contributed by atoms with Crippen molar-refractivity contribution in [3.8, 4) is 0 Å². The summed E-state index contributed by atoms with van der Waals surface area (Å²) in [5.74, 6) is -0.556. The second-order valence-corrected chi connectivity index (χ2v) is 4.33. The van der Waals surface area contributed by atoms with Crippen LogP contribution in [0.5, 0.6) is 0 Å². The van der Waals surface area contributed by atoms with Crippen molar-refractivity contribution in [1.29, 1.82) is 0 Å². The molecule has 1 aliphatic rings. The van der Waals surface area contributed by atoms with Crippen LogP contribution in [-0.4, -0.2) is 24.5 Å². The largest absolute Gasteiger partial charge is 0.464 e. The molecule has 1 unspecified atom stereocenters. The molecule has 0 aliphatic carbocycles. The van der Waals surface area contributed by atoms with Gasteiger partial charge in [-0.1, -0.05) is 25.8 Å². The molecule has 0 aromatic carbocycles. The molecule has 0 bridgehead atoms. The molecule has 0 radical (unpaired) electrons. The number of rotatable bonds is 2. The number of nitrogens with one attached hydrogen (secondary N) is 1. The first-order valence-corrected chi connectivity index (χ1v) is 6.30. The first-order chi connectivity index (χ1) is 8.15. The summed E-state index contributed by atoms with van der Waals surface area (Å²) in [7, 11) is 0. The van der Waals surface area contributed by atoms with E-state index >= 15 is 0 Å². The maximum atomic E-state index is 11.7. The van der Waals surface area contributed by atoms with E-state index in [1.807, 2.05) is 0 Å². The summed E-state index contributed by atoms with van der Waals surface area (Å²) in [5, 5.41) is 2.71. The number of carbonyl (C=O) groups excluding carboxylic acids is 2. The van der Waals surface area contributed by atoms with E-state index in [0.29, 0.717) is 25.0 Å². The van der Waals surface area contributed by atoms with Gasteiger partial charge in [0.05, 0.1) is 6.61 Å². The minimum absolute atomic E-state index is 0.218. The van der Waals surface area contributed by atoms with Crippen LogP contribution in [0.2, 0.25) is 0 Å². The molecule has 1 heterocycles. The fourth-order valence-electron chi connectivity index (χ4n) is 1.91. The highest BCUT2D eigenvalue weighted by Crippen LogP contribution is 2.14. The number of carbonyl (C=O) groups is 2. The van der Waals surface area contributed by atoms with Crippen LogP contribution in [-0.2, 0) is 14.3 Å². The van der Waals surface area contributed by atoms with Gasteiger partial charge in [-0.3, -0.25) is 4.79 Å². The smallest absolute Gasteiger partial charge is 0.328 e. The molecule has 1 rings (SSSR count). The van der Waals surface area contributed by atoms with E-state index in [-0.39, 0.29) is 11.9 Å². The van der Waals surface area contributed by atoms with Crippen LogP contribution in [0.25, 0.3) is 0 Å². The monoisotopic (exact) mass is 239 g/mol. The van der Waals surface area contributed by atoms with Crippen LogP contribution < -0.4 is 5.32 Å². The molecule has 1 aliphatic heterocycles. The van der Waals surface area contributed by atoms with Crippen LogP contribution >= 0.6 is 0 Å². The summed E-state index contributed by atoms with van der Waals surface area (Å²) in [5.41, 5.74) is 0.557. The number of esters is 1. The second-order valence-electron chi connectivity index (χ2n) is 4.33. The molecular weight excluding hydrogens is 218 g/mol. The van der Waals surface area contributed by atoms with E-state index in [1.54, 1.807) is 6.92 Å². The molecule has 1 atom stereocenters. The van der Waals surface area contributed by atoms with Crippen LogP contribution in [0, 0.1) is 0 Å². The molecule has 96 valence electrons. The van der Waals surface area contributed by atoms with Gasteiger partial charge in [0.15, 0.2) is 0 Å². The Morgan fingerprint density at radius 2 is 2.12 bits per heavy atom. The Hall–Kier alpha value is -1.32. The highest BCUT2D eigenvalue weighted by atomic mass is 16.5. The third-order valence-electron chi connectivity index (χ3n) is 2.92. The molecule has 1 fully saturated rings. The molecule has 4 heteroatoms. The number of hydrogen-bond donors (Lipinski definition) is 1. The summed E-state index contributed by atoms with van der Waals surface area (Å²) in [4.78, 5) is 23.4. The van der Waals surface area contributed by atoms with Gasteiger partial charge in [0.2, 0.25) is 5.91 Å². The fraction of sp³-hybridized carbons (Fsp3) is 0.692. The molecule has 0 saturated carbocycles. The minimum atomic E-state index is -0.516. The summed E-state index contributed by atoms with van der Waals surface area (Å²) in [6.45, 7) is 5.85. The number of hydrogen-bond acceptors (Lipinski definition) is 3. The third kappa shape index (κ3) is 4.59. The molecule has 1 saturated heterocycles. The molecule has 17 heavy (non-hydrogen) atoms. The molecule has 1 amide bonds. The molecule has 0 aromatic rings. The van der Waals surface area contributed by atoms with Gasteiger partial charge in [-0.2, -0.15) is 0 Å². The van der Waals surface area contributed by atoms with Crippen molar-refractivity contribution in [2.45, 2.75) is 51.5 Å². The SMILES string of the molecule is C=C1CCCCCCC(C(=O)OCC)NC1=O. The van der Waals surface area contributed by atoms with E-state index in [9.17, 15) is 9.59 Å². The van der Waals surface area contributed by atoms with Crippen molar-refractivity contribution in [1.82, 2.24) is 5.32 Å². The summed E-state index contributed by atoms with van der Waals surface area (Å²) in [6, 6.07) is -0.516. The summed E-state index contributed by atoms with van der Waals surface area (Å²) >= 11 is 0. The van der Waals surface area contributed by atoms with E-state index in [1.165, 1.54) is 0 Å². The Bertz CT molecular complexity index is 299.